The quantitative estimate of drug-likeness (QED) is 0.528. The van der Waals surface area contributed by atoms with Crippen molar-refractivity contribution >= 4 is 12.2 Å². The van der Waals surface area contributed by atoms with Gasteiger partial charge in [0.2, 0.25) is 6.41 Å². The maximum absolute atomic E-state index is 10.1. The molecule has 0 aliphatic carbocycles. The van der Waals surface area contributed by atoms with E-state index in [0.717, 1.165) is 13.0 Å². The van der Waals surface area contributed by atoms with Crippen LogP contribution in [0.15, 0.2) is 6.20 Å². The summed E-state index contributed by atoms with van der Waals surface area (Å²) in [6, 6.07) is 0. The van der Waals surface area contributed by atoms with E-state index in [9.17, 15) is 4.79 Å². The summed E-state index contributed by atoms with van der Waals surface area (Å²) in [7, 11) is 0. The summed E-state index contributed by atoms with van der Waals surface area (Å²) >= 11 is 0. The van der Waals surface area contributed by atoms with Gasteiger partial charge in [-0.15, -0.1) is 5.10 Å². The molecule has 1 N–H and O–H groups in total. The van der Waals surface area contributed by atoms with Gasteiger partial charge in [-0.2, -0.15) is 9.90 Å². The molecular weight excluding hydrogens is 168 g/mol. The largest absolute Gasteiger partial charge is 0.310 e. The van der Waals surface area contributed by atoms with Crippen molar-refractivity contribution in [1.82, 2.24) is 15.0 Å². The van der Waals surface area contributed by atoms with Crippen molar-refractivity contribution in [2.24, 2.45) is 0 Å². The Morgan fingerprint density at radius 1 is 1.62 bits per heavy atom. The zero-order valence-electron chi connectivity index (χ0n) is 7.73. The first-order valence-electron chi connectivity index (χ1n) is 4.47. The second-order valence-corrected chi connectivity index (χ2v) is 2.79. The highest BCUT2D eigenvalue weighted by Crippen LogP contribution is 2.00. The summed E-state index contributed by atoms with van der Waals surface area (Å²) in [6.07, 6.45) is 5.57. The molecule has 1 aromatic heterocycles. The van der Waals surface area contributed by atoms with Crippen molar-refractivity contribution in [3.63, 3.8) is 0 Å². The number of rotatable bonds is 6. The summed E-state index contributed by atoms with van der Waals surface area (Å²) in [5.74, 6) is 0.506. The van der Waals surface area contributed by atoms with Crippen molar-refractivity contribution in [3.8, 4) is 0 Å². The van der Waals surface area contributed by atoms with E-state index in [2.05, 4.69) is 22.4 Å². The van der Waals surface area contributed by atoms with Gasteiger partial charge in [-0.3, -0.25) is 4.79 Å². The second-order valence-electron chi connectivity index (χ2n) is 2.79. The number of hydrogen-bond acceptors (Lipinski definition) is 3. The van der Waals surface area contributed by atoms with Crippen molar-refractivity contribution in [2.45, 2.75) is 32.7 Å². The lowest BCUT2D eigenvalue weighted by Crippen LogP contribution is -2.03. The maximum atomic E-state index is 10.1. The van der Waals surface area contributed by atoms with E-state index < -0.39 is 0 Å². The number of aromatic nitrogens is 3. The fourth-order valence-corrected chi connectivity index (χ4v) is 1.03. The fourth-order valence-electron chi connectivity index (χ4n) is 1.03. The zero-order valence-corrected chi connectivity index (χ0v) is 7.73. The third kappa shape index (κ3) is 3.23. The molecule has 5 heteroatoms. The molecule has 0 saturated heterocycles. The van der Waals surface area contributed by atoms with E-state index >= 15 is 0 Å². The number of amides is 1. The Labute approximate surface area is 77.1 Å². The molecule has 5 nitrogen and oxygen atoms in total. The number of hydrogen-bond donors (Lipinski definition) is 1. The number of unbranched alkanes of at least 4 members (excludes halogenated alkanes) is 2. The van der Waals surface area contributed by atoms with Gasteiger partial charge in [-0.1, -0.05) is 19.8 Å². The minimum atomic E-state index is 0.506. The van der Waals surface area contributed by atoms with Crippen LogP contribution in [0.3, 0.4) is 0 Å². The topological polar surface area (TPSA) is 59.8 Å². The highest BCUT2D eigenvalue weighted by atomic mass is 16.1. The van der Waals surface area contributed by atoms with Crippen molar-refractivity contribution in [1.29, 1.82) is 0 Å². The van der Waals surface area contributed by atoms with E-state index in [-0.39, 0.29) is 0 Å². The van der Waals surface area contributed by atoms with Crippen LogP contribution >= 0.6 is 0 Å². The number of nitrogens with one attached hydrogen (secondary N) is 1. The average Bonchev–Trinajstić information content (AvgIpc) is 2.54. The van der Waals surface area contributed by atoms with Gasteiger partial charge in [0.05, 0.1) is 12.7 Å². The summed E-state index contributed by atoms with van der Waals surface area (Å²) in [4.78, 5) is 11.7. The molecule has 1 heterocycles. The van der Waals surface area contributed by atoms with Crippen LogP contribution in [0.4, 0.5) is 5.82 Å². The molecule has 0 saturated carbocycles. The summed E-state index contributed by atoms with van der Waals surface area (Å²) in [5, 5.41) is 10.5. The van der Waals surface area contributed by atoms with Crippen LogP contribution in [0.5, 0.6) is 0 Å². The Kier molecular flexibility index (Phi) is 3.95. The van der Waals surface area contributed by atoms with Crippen LogP contribution in [-0.2, 0) is 11.3 Å². The van der Waals surface area contributed by atoms with E-state index in [1.54, 1.807) is 11.0 Å². The predicted molar refractivity (Wildman–Crippen MR) is 49.2 cm³/mol. The molecule has 72 valence electrons. The van der Waals surface area contributed by atoms with Crippen molar-refractivity contribution in [3.05, 3.63) is 6.20 Å². The molecule has 0 spiro atoms. The Hall–Kier alpha value is -1.39. The van der Waals surface area contributed by atoms with Crippen LogP contribution in [0.2, 0.25) is 0 Å². The molecule has 0 atom stereocenters. The molecule has 0 aliphatic rings. The molecule has 0 aliphatic heterocycles. The van der Waals surface area contributed by atoms with Gasteiger partial charge in [0, 0.05) is 0 Å². The summed E-state index contributed by atoms with van der Waals surface area (Å²) in [5.41, 5.74) is 0. The van der Waals surface area contributed by atoms with Gasteiger partial charge in [-0.25, -0.2) is 0 Å². The third-order valence-electron chi connectivity index (χ3n) is 1.70. The van der Waals surface area contributed by atoms with Crippen LogP contribution in [0.1, 0.15) is 26.2 Å². The lowest BCUT2D eigenvalue weighted by Gasteiger charge is -1.96. The monoisotopic (exact) mass is 182 g/mol. The number of nitrogens with zero attached hydrogens (tertiary/aromatic N) is 3. The lowest BCUT2D eigenvalue weighted by molar-refractivity contribution is -0.105. The second kappa shape index (κ2) is 5.29. The first-order chi connectivity index (χ1) is 6.36. The van der Waals surface area contributed by atoms with E-state index in [1.165, 1.54) is 12.8 Å². The van der Waals surface area contributed by atoms with Crippen LogP contribution in [0, 0.1) is 0 Å². The number of anilines is 1. The molecule has 0 bridgehead atoms. The van der Waals surface area contributed by atoms with Gasteiger partial charge in [0.25, 0.3) is 0 Å². The molecule has 0 aromatic carbocycles. The Morgan fingerprint density at radius 3 is 3.15 bits per heavy atom. The summed E-state index contributed by atoms with van der Waals surface area (Å²) < 4.78 is 0. The molecule has 0 radical (unpaired) electrons. The van der Waals surface area contributed by atoms with Gasteiger partial charge >= 0.3 is 0 Å². The number of aryl methyl sites for hydroxylation is 1. The summed E-state index contributed by atoms with van der Waals surface area (Å²) in [6.45, 7) is 2.96. The van der Waals surface area contributed by atoms with Crippen LogP contribution in [-0.4, -0.2) is 21.4 Å². The lowest BCUT2D eigenvalue weighted by atomic mass is 10.2. The smallest absolute Gasteiger partial charge is 0.212 e. The van der Waals surface area contributed by atoms with Gasteiger partial charge in [0.1, 0.15) is 0 Å². The van der Waals surface area contributed by atoms with Crippen LogP contribution < -0.4 is 5.32 Å². The first kappa shape index (κ1) is 9.70. The molecular formula is C8H14N4O. The molecule has 0 unspecified atom stereocenters. The van der Waals surface area contributed by atoms with Gasteiger partial charge in [0.15, 0.2) is 5.82 Å². The first-order valence-corrected chi connectivity index (χ1v) is 4.47. The predicted octanol–water partition coefficient (Wildman–Crippen LogP) is 1.04. The Morgan fingerprint density at radius 2 is 2.46 bits per heavy atom. The highest BCUT2D eigenvalue weighted by molar-refractivity contribution is 5.67. The molecule has 1 amide bonds. The number of carbonyl (C=O) groups excluding carboxylic acids is 1. The fraction of sp³-hybridized carbons (Fsp3) is 0.625. The van der Waals surface area contributed by atoms with E-state index in [4.69, 9.17) is 0 Å². The Bertz CT molecular complexity index is 258. The standard InChI is InChI=1S/C8H14N4O/c1-2-3-4-5-12-10-6-8(11-12)9-7-13/h6-7H,2-5H2,1H3,(H,9,11,13). The van der Waals surface area contributed by atoms with Crippen molar-refractivity contribution < 1.29 is 4.79 Å². The maximum Gasteiger partial charge on any atom is 0.212 e. The minimum Gasteiger partial charge on any atom is -0.310 e. The SMILES string of the molecule is CCCCCn1ncc(NC=O)n1. The average molecular weight is 182 g/mol. The van der Waals surface area contributed by atoms with Gasteiger partial charge < -0.3 is 5.32 Å². The molecule has 0 fully saturated rings. The normalized spacial score (nSPS) is 9.92. The number of carbonyl (C=O) groups is 1. The zero-order chi connectivity index (χ0) is 9.52. The van der Waals surface area contributed by atoms with Crippen molar-refractivity contribution in [2.75, 3.05) is 5.32 Å². The van der Waals surface area contributed by atoms with Gasteiger partial charge in [-0.05, 0) is 6.42 Å². The van der Waals surface area contributed by atoms with Crippen LogP contribution in [0.25, 0.3) is 0 Å². The Balaban J connectivity index is 2.35. The van der Waals surface area contributed by atoms with E-state index in [0.29, 0.717) is 12.2 Å². The molecule has 13 heavy (non-hydrogen) atoms. The molecule has 1 aromatic rings. The molecule has 1 rings (SSSR count). The minimum absolute atomic E-state index is 0.506. The highest BCUT2D eigenvalue weighted by Gasteiger charge is 1.97. The van der Waals surface area contributed by atoms with E-state index in [1.807, 2.05) is 0 Å². The third-order valence-corrected chi connectivity index (χ3v) is 1.70.